The number of rotatable bonds is 5. The maximum absolute atomic E-state index is 6.22. The van der Waals surface area contributed by atoms with Gasteiger partial charge in [-0.05, 0) is 30.7 Å². The fraction of sp³-hybridized carbons (Fsp3) is 0.267. The van der Waals surface area contributed by atoms with Crippen LogP contribution in [0, 0.1) is 0 Å². The van der Waals surface area contributed by atoms with E-state index in [2.05, 4.69) is 41.5 Å². The molecule has 0 aliphatic carbocycles. The zero-order chi connectivity index (χ0) is 12.8. The molecule has 94 valence electrons. The van der Waals surface area contributed by atoms with Crippen LogP contribution in [-0.2, 0) is 6.42 Å². The summed E-state index contributed by atoms with van der Waals surface area (Å²) in [6.45, 7) is 2.99. The third kappa shape index (κ3) is 3.31. The van der Waals surface area contributed by atoms with Crippen LogP contribution in [0.2, 0.25) is 5.02 Å². The van der Waals surface area contributed by atoms with Crippen molar-refractivity contribution < 1.29 is 0 Å². The zero-order valence-electron chi connectivity index (χ0n) is 10.4. The summed E-state index contributed by atoms with van der Waals surface area (Å²) in [4.78, 5) is 4.40. The number of nitrogens with one attached hydrogen (secondary N) is 1. The van der Waals surface area contributed by atoms with Gasteiger partial charge in [0.2, 0.25) is 0 Å². The lowest BCUT2D eigenvalue weighted by Crippen LogP contribution is -2.24. The minimum atomic E-state index is 0.158. The monoisotopic (exact) mass is 260 g/mol. The van der Waals surface area contributed by atoms with E-state index in [0.29, 0.717) is 0 Å². The first-order valence-corrected chi connectivity index (χ1v) is 6.56. The summed E-state index contributed by atoms with van der Waals surface area (Å²) < 4.78 is 0. The smallest absolute Gasteiger partial charge is 0.0762 e. The van der Waals surface area contributed by atoms with Gasteiger partial charge in [0.25, 0.3) is 0 Å². The lowest BCUT2D eigenvalue weighted by atomic mass is 10.0. The molecule has 0 aliphatic heterocycles. The van der Waals surface area contributed by atoms with Crippen LogP contribution in [0.5, 0.6) is 0 Å². The Morgan fingerprint density at radius 3 is 2.61 bits per heavy atom. The average molecular weight is 261 g/mol. The van der Waals surface area contributed by atoms with Gasteiger partial charge in [0.1, 0.15) is 0 Å². The molecule has 2 rings (SSSR count). The second kappa shape index (κ2) is 6.53. The Labute approximate surface area is 113 Å². The fourth-order valence-corrected chi connectivity index (χ4v) is 2.27. The van der Waals surface area contributed by atoms with Gasteiger partial charge in [0.05, 0.1) is 16.8 Å². The molecule has 1 unspecified atom stereocenters. The van der Waals surface area contributed by atoms with E-state index in [4.69, 9.17) is 11.6 Å². The number of hydrogen-bond donors (Lipinski definition) is 1. The van der Waals surface area contributed by atoms with Crippen LogP contribution in [0.1, 0.15) is 24.2 Å². The molecule has 1 aromatic heterocycles. The predicted octanol–water partition coefficient (Wildman–Crippen LogP) is 3.63. The molecule has 0 fully saturated rings. The van der Waals surface area contributed by atoms with Gasteiger partial charge in [-0.25, -0.2) is 0 Å². The molecule has 1 heterocycles. The minimum Gasteiger partial charge on any atom is -0.309 e. The summed E-state index contributed by atoms with van der Waals surface area (Å²) in [5, 5.41) is 4.16. The molecule has 2 nitrogen and oxygen atoms in total. The normalized spacial score (nSPS) is 12.3. The molecule has 0 bridgehead atoms. The molecule has 3 heteroatoms. The average Bonchev–Trinajstić information content (AvgIpc) is 2.40. The summed E-state index contributed by atoms with van der Waals surface area (Å²) in [5.74, 6) is 0. The predicted molar refractivity (Wildman–Crippen MR) is 75.8 cm³/mol. The number of likely N-dealkylation sites (N-methyl/N-ethyl adjacent to an activating group) is 1. The van der Waals surface area contributed by atoms with Crippen LogP contribution in [0.4, 0.5) is 0 Å². The number of pyridine rings is 1. The first-order chi connectivity index (χ1) is 8.81. The molecular formula is C15H17ClN2. The van der Waals surface area contributed by atoms with E-state index in [1.807, 2.05) is 18.2 Å². The number of halogens is 1. The van der Waals surface area contributed by atoms with E-state index in [0.717, 1.165) is 23.7 Å². The first kappa shape index (κ1) is 13.1. The SMILES string of the molecule is CCNC(Cc1ccccc1)c1ncccc1Cl. The highest BCUT2D eigenvalue weighted by atomic mass is 35.5. The highest BCUT2D eigenvalue weighted by molar-refractivity contribution is 6.31. The van der Waals surface area contributed by atoms with Crippen molar-refractivity contribution in [2.75, 3.05) is 6.54 Å². The molecule has 0 aliphatic rings. The van der Waals surface area contributed by atoms with E-state index >= 15 is 0 Å². The third-order valence-electron chi connectivity index (χ3n) is 2.85. The molecule has 0 saturated heterocycles. The lowest BCUT2D eigenvalue weighted by Gasteiger charge is -2.18. The van der Waals surface area contributed by atoms with Gasteiger partial charge in [-0.3, -0.25) is 4.98 Å². The molecule has 1 aromatic carbocycles. The summed E-state index contributed by atoms with van der Waals surface area (Å²) in [6, 6.07) is 14.3. The molecule has 0 saturated carbocycles. The van der Waals surface area contributed by atoms with Gasteiger partial charge in [0.15, 0.2) is 0 Å². The highest BCUT2D eigenvalue weighted by Gasteiger charge is 2.15. The van der Waals surface area contributed by atoms with E-state index in [1.54, 1.807) is 6.20 Å². The Hall–Kier alpha value is -1.38. The quantitative estimate of drug-likeness (QED) is 0.888. The van der Waals surface area contributed by atoms with Crippen molar-refractivity contribution in [3.05, 3.63) is 64.9 Å². The summed E-state index contributed by atoms with van der Waals surface area (Å²) in [6.07, 6.45) is 2.68. The van der Waals surface area contributed by atoms with Crippen LogP contribution < -0.4 is 5.32 Å². The first-order valence-electron chi connectivity index (χ1n) is 6.19. The van der Waals surface area contributed by atoms with Crippen molar-refractivity contribution in [1.82, 2.24) is 10.3 Å². The fourth-order valence-electron chi connectivity index (χ4n) is 2.02. The number of nitrogens with zero attached hydrogens (tertiary/aromatic N) is 1. The van der Waals surface area contributed by atoms with Gasteiger partial charge in [-0.1, -0.05) is 48.9 Å². The van der Waals surface area contributed by atoms with Crippen molar-refractivity contribution in [3.8, 4) is 0 Å². The lowest BCUT2D eigenvalue weighted by molar-refractivity contribution is 0.537. The van der Waals surface area contributed by atoms with Crippen molar-refractivity contribution >= 4 is 11.6 Å². The van der Waals surface area contributed by atoms with Gasteiger partial charge in [-0.2, -0.15) is 0 Å². The molecule has 2 aromatic rings. The van der Waals surface area contributed by atoms with Gasteiger partial charge in [0, 0.05) is 6.20 Å². The van der Waals surface area contributed by atoms with Gasteiger partial charge < -0.3 is 5.32 Å². The van der Waals surface area contributed by atoms with Crippen molar-refractivity contribution in [2.45, 2.75) is 19.4 Å². The van der Waals surface area contributed by atoms with Crippen LogP contribution in [-0.4, -0.2) is 11.5 Å². The second-order valence-electron chi connectivity index (χ2n) is 4.17. The molecule has 0 amide bonds. The van der Waals surface area contributed by atoms with E-state index < -0.39 is 0 Å². The Balaban J connectivity index is 2.21. The van der Waals surface area contributed by atoms with E-state index in [9.17, 15) is 0 Å². The summed E-state index contributed by atoms with van der Waals surface area (Å²) >= 11 is 6.22. The molecule has 1 N–H and O–H groups in total. The topological polar surface area (TPSA) is 24.9 Å². The van der Waals surface area contributed by atoms with E-state index in [1.165, 1.54) is 5.56 Å². The number of benzene rings is 1. The van der Waals surface area contributed by atoms with Crippen LogP contribution in [0.25, 0.3) is 0 Å². The molecule has 0 spiro atoms. The number of aromatic nitrogens is 1. The maximum atomic E-state index is 6.22. The van der Waals surface area contributed by atoms with Crippen LogP contribution in [0.15, 0.2) is 48.7 Å². The molecule has 1 atom stereocenters. The van der Waals surface area contributed by atoms with Gasteiger partial charge in [-0.15, -0.1) is 0 Å². The summed E-state index contributed by atoms with van der Waals surface area (Å²) in [5.41, 5.74) is 2.20. The third-order valence-corrected chi connectivity index (χ3v) is 3.17. The largest absolute Gasteiger partial charge is 0.309 e. The van der Waals surface area contributed by atoms with E-state index in [-0.39, 0.29) is 6.04 Å². The Bertz CT molecular complexity index is 485. The standard InChI is InChI=1S/C15H17ClN2/c1-2-17-14(11-12-7-4-3-5-8-12)15-13(16)9-6-10-18-15/h3-10,14,17H,2,11H2,1H3. The van der Waals surface area contributed by atoms with Gasteiger partial charge >= 0.3 is 0 Å². The molecular weight excluding hydrogens is 244 g/mol. The molecule has 0 radical (unpaired) electrons. The second-order valence-corrected chi connectivity index (χ2v) is 4.58. The highest BCUT2D eigenvalue weighted by Crippen LogP contribution is 2.23. The number of hydrogen-bond acceptors (Lipinski definition) is 2. The van der Waals surface area contributed by atoms with Crippen molar-refractivity contribution in [1.29, 1.82) is 0 Å². The summed E-state index contributed by atoms with van der Waals surface area (Å²) in [7, 11) is 0. The zero-order valence-corrected chi connectivity index (χ0v) is 11.2. The Morgan fingerprint density at radius 2 is 1.94 bits per heavy atom. The Morgan fingerprint density at radius 1 is 1.17 bits per heavy atom. The maximum Gasteiger partial charge on any atom is 0.0762 e. The van der Waals surface area contributed by atoms with Crippen molar-refractivity contribution in [2.24, 2.45) is 0 Å². The molecule has 18 heavy (non-hydrogen) atoms. The van der Waals surface area contributed by atoms with Crippen LogP contribution in [0.3, 0.4) is 0 Å². The minimum absolute atomic E-state index is 0.158. The van der Waals surface area contributed by atoms with Crippen LogP contribution >= 0.6 is 11.6 Å². The van der Waals surface area contributed by atoms with Crippen molar-refractivity contribution in [3.63, 3.8) is 0 Å². The Kier molecular flexibility index (Phi) is 4.73.